The predicted molar refractivity (Wildman–Crippen MR) is 81.3 cm³/mol. The van der Waals surface area contributed by atoms with Gasteiger partial charge in [0.15, 0.2) is 0 Å². The number of aliphatic hydroxyl groups excluding tert-OH is 1. The molecule has 0 saturated carbocycles. The molecule has 1 rings (SSSR count). The number of hydrogen-bond acceptors (Lipinski definition) is 2. The highest BCUT2D eigenvalue weighted by Gasteiger charge is 2.19. The molecule has 3 nitrogen and oxygen atoms in total. The summed E-state index contributed by atoms with van der Waals surface area (Å²) in [4.78, 5) is 12.0. The Kier molecular flexibility index (Phi) is 6.39. The molecule has 0 fully saturated rings. The Morgan fingerprint density at radius 2 is 1.95 bits per heavy atom. The molecule has 19 heavy (non-hydrogen) atoms. The molecule has 0 heterocycles. The van der Waals surface area contributed by atoms with Crippen molar-refractivity contribution in [2.75, 3.05) is 6.61 Å². The number of nitrogens with one attached hydrogen (secondary N) is 1. The zero-order valence-corrected chi connectivity index (χ0v) is 12.4. The second kappa shape index (κ2) is 7.56. The van der Waals surface area contributed by atoms with Crippen molar-refractivity contribution >= 4 is 25.4 Å². The normalized spacial score (nSPS) is 14.2. The first kappa shape index (κ1) is 16.1. The molecule has 5 heteroatoms. The van der Waals surface area contributed by atoms with Crippen molar-refractivity contribution in [1.82, 2.24) is 5.32 Å². The van der Waals surface area contributed by atoms with E-state index in [0.717, 1.165) is 5.56 Å². The summed E-state index contributed by atoms with van der Waals surface area (Å²) in [6.07, 6.45) is 0.601. The molecule has 104 valence electrons. The van der Waals surface area contributed by atoms with Gasteiger partial charge in [-0.15, -0.1) is 0 Å². The van der Waals surface area contributed by atoms with Gasteiger partial charge in [0.1, 0.15) is 7.85 Å². The van der Waals surface area contributed by atoms with E-state index in [-0.39, 0.29) is 30.3 Å². The SMILES string of the molecule is B[C@@H](C(=O)N[C@H](CO)Cc1ccc(Cl)cc1)C(C)C. The summed E-state index contributed by atoms with van der Waals surface area (Å²) >= 11 is 5.82. The van der Waals surface area contributed by atoms with Crippen LogP contribution in [0.5, 0.6) is 0 Å². The van der Waals surface area contributed by atoms with Gasteiger partial charge in [0, 0.05) is 10.8 Å². The van der Waals surface area contributed by atoms with Crippen molar-refractivity contribution in [2.45, 2.75) is 32.1 Å². The average molecular weight is 282 g/mol. The van der Waals surface area contributed by atoms with Crippen LogP contribution >= 0.6 is 11.6 Å². The van der Waals surface area contributed by atoms with E-state index < -0.39 is 0 Å². The number of halogens is 1. The lowest BCUT2D eigenvalue weighted by Gasteiger charge is -2.21. The Morgan fingerprint density at radius 3 is 2.42 bits per heavy atom. The lowest BCUT2D eigenvalue weighted by molar-refractivity contribution is -0.122. The summed E-state index contributed by atoms with van der Waals surface area (Å²) in [6.45, 7) is 3.95. The monoisotopic (exact) mass is 281 g/mol. The Bertz CT molecular complexity index is 408. The zero-order valence-electron chi connectivity index (χ0n) is 11.7. The Balaban J connectivity index is 2.59. The van der Waals surface area contributed by atoms with Crippen molar-refractivity contribution in [2.24, 2.45) is 5.92 Å². The highest BCUT2D eigenvalue weighted by atomic mass is 35.5. The Hall–Kier alpha value is -0.995. The maximum atomic E-state index is 12.0. The van der Waals surface area contributed by atoms with Gasteiger partial charge in [0.2, 0.25) is 5.91 Å². The van der Waals surface area contributed by atoms with Gasteiger partial charge in [-0.1, -0.05) is 37.6 Å². The number of benzene rings is 1. The first-order valence-corrected chi connectivity index (χ1v) is 6.97. The molecule has 2 N–H and O–H groups in total. The fourth-order valence-corrected chi connectivity index (χ4v) is 1.83. The van der Waals surface area contributed by atoms with E-state index in [1.165, 1.54) is 0 Å². The summed E-state index contributed by atoms with van der Waals surface area (Å²) < 4.78 is 0. The van der Waals surface area contributed by atoms with Crippen LogP contribution < -0.4 is 5.32 Å². The summed E-state index contributed by atoms with van der Waals surface area (Å²) in [5, 5.41) is 12.9. The summed E-state index contributed by atoms with van der Waals surface area (Å²) in [5.41, 5.74) is 1.04. The summed E-state index contributed by atoms with van der Waals surface area (Å²) in [6, 6.07) is 7.18. The second-order valence-electron chi connectivity index (χ2n) is 5.25. The van der Waals surface area contributed by atoms with Gasteiger partial charge < -0.3 is 10.4 Å². The van der Waals surface area contributed by atoms with Gasteiger partial charge >= 0.3 is 0 Å². The molecule has 0 spiro atoms. The van der Waals surface area contributed by atoms with Gasteiger partial charge in [-0.25, -0.2) is 0 Å². The topological polar surface area (TPSA) is 49.3 Å². The highest BCUT2D eigenvalue weighted by molar-refractivity contribution is 6.30. The van der Waals surface area contributed by atoms with Gasteiger partial charge in [0.05, 0.1) is 12.6 Å². The standard InChI is InChI=1S/C14H21BClNO2/c1-9(2)13(15)14(19)17-12(8-18)7-10-3-5-11(16)6-4-10/h3-6,9,12-13,18H,7-8,15H2,1-2H3,(H,17,19)/t12-,13+/m0/s1. The van der Waals surface area contributed by atoms with Crippen LogP contribution in [0, 0.1) is 5.92 Å². The van der Waals surface area contributed by atoms with Crippen LogP contribution in [0.2, 0.25) is 10.8 Å². The smallest absolute Gasteiger partial charge is 0.215 e. The van der Waals surface area contributed by atoms with Crippen molar-refractivity contribution in [3.8, 4) is 0 Å². The number of carbonyl (C=O) groups is 1. The van der Waals surface area contributed by atoms with Gasteiger partial charge in [-0.3, -0.25) is 4.79 Å². The van der Waals surface area contributed by atoms with Gasteiger partial charge in [-0.05, 0) is 30.0 Å². The van der Waals surface area contributed by atoms with E-state index in [1.807, 2.05) is 46.0 Å². The number of hydrogen-bond donors (Lipinski definition) is 2. The third-order valence-corrected chi connectivity index (χ3v) is 3.63. The highest BCUT2D eigenvalue weighted by Crippen LogP contribution is 2.14. The van der Waals surface area contributed by atoms with Crippen LogP contribution in [-0.4, -0.2) is 31.5 Å². The molecule has 0 aliphatic heterocycles. The molecule has 1 amide bonds. The summed E-state index contributed by atoms with van der Waals surface area (Å²) in [7, 11) is 1.90. The number of aliphatic hydroxyl groups is 1. The number of carbonyl (C=O) groups excluding carboxylic acids is 1. The molecule has 0 aliphatic rings. The Labute approximate surface area is 120 Å². The van der Waals surface area contributed by atoms with Crippen molar-refractivity contribution in [3.63, 3.8) is 0 Å². The van der Waals surface area contributed by atoms with Gasteiger partial charge in [0.25, 0.3) is 0 Å². The largest absolute Gasteiger partial charge is 0.394 e. The quantitative estimate of drug-likeness (QED) is 0.775. The van der Waals surface area contributed by atoms with Crippen molar-refractivity contribution < 1.29 is 9.90 Å². The molecule has 0 radical (unpaired) electrons. The number of amides is 1. The third kappa shape index (κ3) is 5.25. The number of rotatable bonds is 6. The zero-order chi connectivity index (χ0) is 14.4. The molecule has 2 atom stereocenters. The first-order valence-electron chi connectivity index (χ1n) is 6.59. The lowest BCUT2D eigenvalue weighted by atomic mass is 9.77. The molecule has 0 aliphatic carbocycles. The van der Waals surface area contributed by atoms with E-state index in [2.05, 4.69) is 5.32 Å². The van der Waals surface area contributed by atoms with Crippen LogP contribution in [0.4, 0.5) is 0 Å². The van der Waals surface area contributed by atoms with Crippen LogP contribution in [0.25, 0.3) is 0 Å². The predicted octanol–water partition coefficient (Wildman–Crippen LogP) is 1.44. The van der Waals surface area contributed by atoms with Crippen LogP contribution in [0.1, 0.15) is 19.4 Å². The minimum absolute atomic E-state index is 0.0111. The fourth-order valence-electron chi connectivity index (χ4n) is 1.70. The van der Waals surface area contributed by atoms with Crippen LogP contribution in [0.15, 0.2) is 24.3 Å². The van der Waals surface area contributed by atoms with E-state index in [4.69, 9.17) is 11.6 Å². The lowest BCUT2D eigenvalue weighted by Crippen LogP contribution is -2.41. The maximum Gasteiger partial charge on any atom is 0.215 e. The molecular weight excluding hydrogens is 260 g/mol. The first-order chi connectivity index (χ1) is 8.93. The molecule has 0 bridgehead atoms. The fraction of sp³-hybridized carbons (Fsp3) is 0.500. The average Bonchev–Trinajstić information content (AvgIpc) is 2.39. The minimum Gasteiger partial charge on any atom is -0.394 e. The Morgan fingerprint density at radius 1 is 1.37 bits per heavy atom. The molecule has 0 aromatic heterocycles. The van der Waals surface area contributed by atoms with E-state index in [1.54, 1.807) is 0 Å². The van der Waals surface area contributed by atoms with E-state index in [0.29, 0.717) is 11.4 Å². The molecule has 1 aromatic rings. The molecular formula is C14H21BClNO2. The maximum absolute atomic E-state index is 12.0. The van der Waals surface area contributed by atoms with Crippen molar-refractivity contribution in [1.29, 1.82) is 0 Å². The van der Waals surface area contributed by atoms with Crippen molar-refractivity contribution in [3.05, 3.63) is 34.9 Å². The minimum atomic E-state index is -0.255. The summed E-state index contributed by atoms with van der Waals surface area (Å²) in [5.74, 6) is 0.220. The van der Waals surface area contributed by atoms with Gasteiger partial charge in [-0.2, -0.15) is 0 Å². The molecule has 0 unspecified atom stereocenters. The van der Waals surface area contributed by atoms with E-state index >= 15 is 0 Å². The van der Waals surface area contributed by atoms with E-state index in [9.17, 15) is 9.90 Å². The third-order valence-electron chi connectivity index (χ3n) is 3.38. The van der Waals surface area contributed by atoms with Crippen LogP contribution in [-0.2, 0) is 11.2 Å². The molecule has 1 aromatic carbocycles. The molecule has 0 saturated heterocycles. The second-order valence-corrected chi connectivity index (χ2v) is 5.69. The van der Waals surface area contributed by atoms with Crippen LogP contribution in [0.3, 0.4) is 0 Å².